The summed E-state index contributed by atoms with van der Waals surface area (Å²) in [4.78, 5) is 37.2. The Morgan fingerprint density at radius 3 is 2.55 bits per heavy atom. The fraction of sp³-hybridized carbons (Fsp3) is 0.700. The Morgan fingerprint density at radius 2 is 2.15 bits per heavy atom. The average Bonchev–Trinajstić information content (AvgIpc) is 2.85. The number of azide groups is 1. The van der Waals surface area contributed by atoms with Crippen molar-refractivity contribution in [2.75, 3.05) is 14.2 Å². The zero-order valence-corrected chi connectivity index (χ0v) is 10.9. The van der Waals surface area contributed by atoms with Crippen LogP contribution in [0, 0.1) is 0 Å². The van der Waals surface area contributed by atoms with Crippen LogP contribution in [-0.4, -0.2) is 54.9 Å². The van der Waals surface area contributed by atoms with Gasteiger partial charge in [0.2, 0.25) is 5.91 Å². The molecule has 1 rings (SSSR count). The molecule has 0 aliphatic carbocycles. The van der Waals surface area contributed by atoms with Crippen LogP contribution < -0.4 is 5.32 Å². The van der Waals surface area contributed by atoms with Gasteiger partial charge in [-0.1, -0.05) is 5.11 Å². The van der Waals surface area contributed by atoms with Gasteiger partial charge in [-0.3, -0.25) is 9.59 Å². The van der Waals surface area contributed by atoms with Crippen LogP contribution in [0.2, 0.25) is 0 Å². The van der Waals surface area contributed by atoms with Crippen molar-refractivity contribution in [2.24, 2.45) is 5.11 Å². The molecule has 0 unspecified atom stereocenters. The number of amides is 1. The molecule has 1 aliphatic rings. The topological polar surface area (TPSA) is 151 Å². The Kier molecular flexibility index (Phi) is 4.89. The molecule has 1 amide bonds. The number of methoxy groups -OCH3 is 2. The minimum absolute atomic E-state index is 0.0314. The molecule has 10 nitrogen and oxygen atoms in total. The summed E-state index contributed by atoms with van der Waals surface area (Å²) >= 11 is 0. The number of carbonyl (C=O) groups excluding carboxylic acids is 3. The van der Waals surface area contributed by atoms with Crippen molar-refractivity contribution in [2.45, 2.75) is 30.5 Å². The summed E-state index contributed by atoms with van der Waals surface area (Å²) in [6.07, 6.45) is -1.92. The van der Waals surface area contributed by atoms with Crippen LogP contribution in [0.3, 0.4) is 0 Å². The third-order valence-electron chi connectivity index (χ3n) is 3.08. The van der Waals surface area contributed by atoms with Crippen molar-refractivity contribution < 1.29 is 29.0 Å². The first-order valence-electron chi connectivity index (χ1n) is 5.62. The van der Waals surface area contributed by atoms with Crippen molar-refractivity contribution in [3.8, 4) is 0 Å². The third-order valence-corrected chi connectivity index (χ3v) is 3.08. The fourth-order valence-electron chi connectivity index (χ4n) is 2.05. The molecule has 1 fully saturated rings. The Hall–Kier alpha value is -2.32. The smallest absolute Gasteiger partial charge is 0.334 e. The number of nitrogens with zero attached hydrogens (tertiary/aromatic N) is 3. The molecule has 0 bridgehead atoms. The SMILES string of the molecule is COC(=O)[C@H](N=[N+]=[N-])[C@H](O)[C@@]1(C(=O)OC)CCC(=O)N1. The minimum atomic E-state index is -1.83. The highest BCUT2D eigenvalue weighted by molar-refractivity contribution is 5.93. The van der Waals surface area contributed by atoms with Crippen LogP contribution in [0.1, 0.15) is 12.8 Å². The molecular weight excluding hydrogens is 272 g/mol. The van der Waals surface area contributed by atoms with Gasteiger partial charge >= 0.3 is 11.9 Å². The van der Waals surface area contributed by atoms with E-state index in [0.717, 1.165) is 14.2 Å². The number of ether oxygens (including phenoxy) is 2. The number of carbonyl (C=O) groups is 3. The summed E-state index contributed by atoms with van der Waals surface area (Å²) in [5, 5.41) is 15.6. The fourth-order valence-corrected chi connectivity index (χ4v) is 2.05. The second-order valence-electron chi connectivity index (χ2n) is 4.13. The standard InChI is InChI=1S/C10H14N4O6/c1-19-8(17)6(13-14-11)7(16)10(9(18)20-2)4-3-5(15)12-10/h6-7,16H,3-4H2,1-2H3,(H,12,15)/t6-,7+,10-/m1/s1. The maximum Gasteiger partial charge on any atom is 0.334 e. The van der Waals surface area contributed by atoms with Crippen LogP contribution in [0.15, 0.2) is 5.11 Å². The van der Waals surface area contributed by atoms with Crippen molar-refractivity contribution in [3.63, 3.8) is 0 Å². The van der Waals surface area contributed by atoms with E-state index in [2.05, 4.69) is 24.8 Å². The van der Waals surface area contributed by atoms with Crippen molar-refractivity contribution >= 4 is 17.8 Å². The number of esters is 2. The first-order valence-corrected chi connectivity index (χ1v) is 5.62. The lowest BCUT2D eigenvalue weighted by molar-refractivity contribution is -0.158. The summed E-state index contributed by atoms with van der Waals surface area (Å²) in [7, 11) is 2.11. The molecule has 0 aromatic rings. The first-order chi connectivity index (χ1) is 9.42. The van der Waals surface area contributed by atoms with Gasteiger partial charge in [0.25, 0.3) is 0 Å². The second kappa shape index (κ2) is 6.22. The maximum atomic E-state index is 11.9. The van der Waals surface area contributed by atoms with Gasteiger partial charge in [0.15, 0.2) is 11.6 Å². The molecule has 0 radical (unpaired) electrons. The Morgan fingerprint density at radius 1 is 1.50 bits per heavy atom. The van der Waals surface area contributed by atoms with Crippen LogP contribution in [-0.2, 0) is 23.9 Å². The highest BCUT2D eigenvalue weighted by Crippen LogP contribution is 2.29. The highest BCUT2D eigenvalue weighted by Gasteiger charge is 2.55. The molecule has 1 aliphatic heterocycles. The van der Waals surface area contributed by atoms with E-state index in [9.17, 15) is 19.5 Å². The largest absolute Gasteiger partial charge is 0.469 e. The highest BCUT2D eigenvalue weighted by atomic mass is 16.5. The van der Waals surface area contributed by atoms with Gasteiger partial charge in [-0.25, -0.2) is 4.79 Å². The van der Waals surface area contributed by atoms with Gasteiger partial charge < -0.3 is 19.9 Å². The molecule has 0 aromatic heterocycles. The normalized spacial score (nSPS) is 24.1. The van der Waals surface area contributed by atoms with Gasteiger partial charge in [-0.05, 0) is 12.0 Å². The molecular formula is C10H14N4O6. The first kappa shape index (κ1) is 15.7. The average molecular weight is 286 g/mol. The lowest BCUT2D eigenvalue weighted by atomic mass is 9.86. The molecule has 2 N–H and O–H groups in total. The summed E-state index contributed by atoms with van der Waals surface area (Å²) in [5.41, 5.74) is 6.61. The van der Waals surface area contributed by atoms with E-state index in [4.69, 9.17) is 5.53 Å². The molecule has 0 spiro atoms. The quantitative estimate of drug-likeness (QED) is 0.287. The van der Waals surface area contributed by atoms with Gasteiger partial charge in [-0.15, -0.1) is 0 Å². The zero-order valence-electron chi connectivity index (χ0n) is 10.9. The Labute approximate surface area is 113 Å². The van der Waals surface area contributed by atoms with E-state index in [1.165, 1.54) is 0 Å². The van der Waals surface area contributed by atoms with E-state index in [1.807, 2.05) is 0 Å². The van der Waals surface area contributed by atoms with Gasteiger partial charge in [0, 0.05) is 11.3 Å². The number of rotatable bonds is 5. The Balaban J connectivity index is 3.19. The van der Waals surface area contributed by atoms with Crippen molar-refractivity contribution in [3.05, 3.63) is 10.4 Å². The van der Waals surface area contributed by atoms with Crippen LogP contribution >= 0.6 is 0 Å². The number of aliphatic hydroxyl groups excluding tert-OH is 1. The molecule has 20 heavy (non-hydrogen) atoms. The zero-order chi connectivity index (χ0) is 15.3. The van der Waals surface area contributed by atoms with Crippen LogP contribution in [0.4, 0.5) is 0 Å². The van der Waals surface area contributed by atoms with Crippen molar-refractivity contribution in [1.29, 1.82) is 0 Å². The summed E-state index contributed by atoms with van der Waals surface area (Å²) in [5.74, 6) is -2.45. The maximum absolute atomic E-state index is 11.9. The summed E-state index contributed by atoms with van der Waals surface area (Å²) < 4.78 is 8.95. The number of aliphatic hydroxyl groups is 1. The van der Waals surface area contributed by atoms with E-state index >= 15 is 0 Å². The van der Waals surface area contributed by atoms with Gasteiger partial charge in [-0.2, -0.15) is 0 Å². The predicted molar refractivity (Wildman–Crippen MR) is 63.1 cm³/mol. The minimum Gasteiger partial charge on any atom is -0.469 e. The monoisotopic (exact) mass is 286 g/mol. The van der Waals surface area contributed by atoms with Gasteiger partial charge in [0.05, 0.1) is 14.2 Å². The summed E-state index contributed by atoms with van der Waals surface area (Å²) in [6.45, 7) is 0. The molecule has 3 atom stereocenters. The van der Waals surface area contributed by atoms with Crippen LogP contribution in [0.25, 0.3) is 10.4 Å². The number of hydrogen-bond acceptors (Lipinski definition) is 7. The van der Waals surface area contributed by atoms with E-state index in [0.29, 0.717) is 0 Å². The van der Waals surface area contributed by atoms with E-state index < -0.39 is 35.5 Å². The third kappa shape index (κ3) is 2.65. The lowest BCUT2D eigenvalue weighted by Crippen LogP contribution is -2.62. The molecule has 1 heterocycles. The second-order valence-corrected chi connectivity index (χ2v) is 4.13. The van der Waals surface area contributed by atoms with E-state index in [-0.39, 0.29) is 12.8 Å². The summed E-state index contributed by atoms with van der Waals surface area (Å²) in [6, 6.07) is -1.68. The Bertz CT molecular complexity index is 474. The number of nitrogens with one attached hydrogen (secondary N) is 1. The molecule has 1 saturated heterocycles. The molecule has 110 valence electrons. The molecule has 10 heteroatoms. The lowest BCUT2D eigenvalue weighted by Gasteiger charge is -2.33. The number of hydrogen-bond donors (Lipinski definition) is 2. The van der Waals surface area contributed by atoms with E-state index in [1.54, 1.807) is 0 Å². The predicted octanol–water partition coefficient (Wildman–Crippen LogP) is -0.979. The van der Waals surface area contributed by atoms with Crippen molar-refractivity contribution in [1.82, 2.24) is 5.32 Å². The van der Waals surface area contributed by atoms with Crippen LogP contribution in [0.5, 0.6) is 0 Å². The molecule has 0 saturated carbocycles. The van der Waals surface area contributed by atoms with Gasteiger partial charge in [0.1, 0.15) is 6.10 Å². The molecule has 0 aromatic carbocycles.